The van der Waals surface area contributed by atoms with E-state index >= 15 is 0 Å². The Bertz CT molecular complexity index is 475. The Labute approximate surface area is 112 Å². The van der Waals surface area contributed by atoms with E-state index < -0.39 is 16.9 Å². The number of fused-ring (bicyclic) bond motifs is 1. The van der Waals surface area contributed by atoms with Crippen molar-refractivity contribution >= 4 is 11.8 Å². The molecule has 0 amide bonds. The molecule has 1 saturated carbocycles. The van der Waals surface area contributed by atoms with Crippen LogP contribution in [-0.4, -0.2) is 30.6 Å². The molecule has 0 N–H and O–H groups in total. The van der Waals surface area contributed by atoms with Crippen molar-refractivity contribution in [3.05, 3.63) is 24.8 Å². The van der Waals surface area contributed by atoms with Crippen LogP contribution < -0.4 is 0 Å². The Morgan fingerprint density at radius 3 is 3.00 bits per heavy atom. The van der Waals surface area contributed by atoms with Crippen LogP contribution in [0.1, 0.15) is 19.8 Å². The maximum atomic E-state index is 12.8. The molecule has 4 rings (SSSR count). The summed E-state index contributed by atoms with van der Waals surface area (Å²) < 4.78 is 10.6. The van der Waals surface area contributed by atoms with Gasteiger partial charge < -0.3 is 9.47 Å². The van der Waals surface area contributed by atoms with E-state index in [2.05, 4.69) is 6.58 Å². The molecule has 1 saturated heterocycles. The van der Waals surface area contributed by atoms with Crippen molar-refractivity contribution < 1.29 is 19.1 Å². The van der Waals surface area contributed by atoms with Gasteiger partial charge in [-0.15, -0.1) is 6.58 Å². The maximum Gasteiger partial charge on any atom is 0.310 e. The molecule has 0 aromatic rings. The first kappa shape index (κ1) is 12.6. The summed E-state index contributed by atoms with van der Waals surface area (Å²) in [7, 11) is 0. The van der Waals surface area contributed by atoms with Gasteiger partial charge in [0, 0.05) is 5.92 Å². The van der Waals surface area contributed by atoms with E-state index in [0.29, 0.717) is 26.1 Å². The van der Waals surface area contributed by atoms with Gasteiger partial charge in [0.2, 0.25) is 0 Å². The summed E-state index contributed by atoms with van der Waals surface area (Å²) in [6.07, 6.45) is 6.72. The summed E-state index contributed by atoms with van der Waals surface area (Å²) in [5.41, 5.74) is -1.46. The van der Waals surface area contributed by atoms with Crippen molar-refractivity contribution in [1.82, 2.24) is 0 Å². The van der Waals surface area contributed by atoms with Crippen molar-refractivity contribution in [2.75, 3.05) is 13.2 Å². The lowest BCUT2D eigenvalue weighted by Gasteiger charge is -2.48. The molecule has 0 aromatic carbocycles. The average molecular weight is 262 g/mol. The Balaban J connectivity index is 2.00. The number of allylic oxidation sites excluding steroid dienone is 2. The minimum absolute atomic E-state index is 0.0149. The molecular weight excluding hydrogens is 244 g/mol. The third kappa shape index (κ3) is 1.49. The topological polar surface area (TPSA) is 55.9 Å². The van der Waals surface area contributed by atoms with Gasteiger partial charge in [-0.2, -0.15) is 0 Å². The van der Waals surface area contributed by atoms with E-state index in [9.17, 15) is 9.59 Å². The second-order valence-corrected chi connectivity index (χ2v) is 5.55. The number of rotatable bonds is 4. The Hall–Kier alpha value is -1.42. The van der Waals surface area contributed by atoms with E-state index in [1.807, 2.05) is 12.2 Å². The van der Waals surface area contributed by atoms with Crippen molar-refractivity contribution in [1.29, 1.82) is 0 Å². The average Bonchev–Trinajstić information content (AvgIpc) is 3.18. The third-order valence-electron chi connectivity index (χ3n) is 4.65. The van der Waals surface area contributed by atoms with E-state index in [4.69, 9.17) is 9.47 Å². The van der Waals surface area contributed by atoms with Crippen molar-refractivity contribution in [2.24, 2.45) is 17.3 Å². The number of esters is 1. The fraction of sp³-hybridized carbons (Fsp3) is 0.600. The first-order valence-corrected chi connectivity index (χ1v) is 6.76. The van der Waals surface area contributed by atoms with Crippen LogP contribution in [0.3, 0.4) is 0 Å². The van der Waals surface area contributed by atoms with Crippen LogP contribution in [0, 0.1) is 17.3 Å². The molecule has 0 aromatic heterocycles. The van der Waals surface area contributed by atoms with E-state index in [1.165, 1.54) is 0 Å². The van der Waals surface area contributed by atoms with Crippen LogP contribution in [0.25, 0.3) is 0 Å². The zero-order valence-corrected chi connectivity index (χ0v) is 11.1. The molecule has 4 aliphatic rings. The highest BCUT2D eigenvalue weighted by molar-refractivity contribution is 6.02. The summed E-state index contributed by atoms with van der Waals surface area (Å²) in [4.78, 5) is 24.9. The Morgan fingerprint density at radius 1 is 1.68 bits per heavy atom. The molecule has 4 atom stereocenters. The largest absolute Gasteiger partial charge is 0.466 e. The number of hydrogen-bond donors (Lipinski definition) is 0. The number of ketones is 1. The van der Waals surface area contributed by atoms with Crippen molar-refractivity contribution in [3.63, 3.8) is 0 Å². The second-order valence-electron chi connectivity index (χ2n) is 5.55. The molecule has 2 bridgehead atoms. The Morgan fingerprint density at radius 2 is 2.42 bits per heavy atom. The molecule has 19 heavy (non-hydrogen) atoms. The van der Waals surface area contributed by atoms with Gasteiger partial charge in [0.05, 0.1) is 24.5 Å². The predicted octanol–water partition coefficient (Wildman–Crippen LogP) is 1.66. The SMILES string of the molecule is C=CC[C@]12C=C[C@H](C[C@@H]1C(=O)OCC)[C@@]1(CO1)C2=O. The van der Waals surface area contributed by atoms with Crippen molar-refractivity contribution in [3.8, 4) is 0 Å². The molecule has 1 aliphatic heterocycles. The molecule has 102 valence electrons. The van der Waals surface area contributed by atoms with Gasteiger partial charge in [-0.1, -0.05) is 18.2 Å². The van der Waals surface area contributed by atoms with Crippen LogP contribution in [0.5, 0.6) is 0 Å². The molecule has 3 aliphatic carbocycles. The summed E-state index contributed by atoms with van der Waals surface area (Å²) >= 11 is 0. The summed E-state index contributed by atoms with van der Waals surface area (Å²) in [6, 6.07) is 0. The number of carbonyl (C=O) groups excluding carboxylic acids is 2. The van der Waals surface area contributed by atoms with Crippen LogP contribution >= 0.6 is 0 Å². The maximum absolute atomic E-state index is 12.8. The molecule has 1 spiro atoms. The fourth-order valence-corrected chi connectivity index (χ4v) is 3.60. The molecular formula is C15H18O4. The van der Waals surface area contributed by atoms with Gasteiger partial charge in [-0.3, -0.25) is 9.59 Å². The van der Waals surface area contributed by atoms with Crippen LogP contribution in [-0.2, 0) is 19.1 Å². The summed E-state index contributed by atoms with van der Waals surface area (Å²) in [5, 5.41) is 0. The zero-order chi connectivity index (χ0) is 13.7. The van der Waals surface area contributed by atoms with Crippen molar-refractivity contribution in [2.45, 2.75) is 25.4 Å². The van der Waals surface area contributed by atoms with Gasteiger partial charge in [-0.05, 0) is 19.8 Å². The highest BCUT2D eigenvalue weighted by atomic mass is 16.6. The fourth-order valence-electron chi connectivity index (χ4n) is 3.60. The van der Waals surface area contributed by atoms with Gasteiger partial charge in [0.15, 0.2) is 11.4 Å². The van der Waals surface area contributed by atoms with Crippen LogP contribution in [0.15, 0.2) is 24.8 Å². The minimum atomic E-state index is -0.806. The highest BCUT2D eigenvalue weighted by Crippen LogP contribution is 2.59. The number of ether oxygens (including phenoxy) is 2. The smallest absolute Gasteiger partial charge is 0.310 e. The molecule has 2 fully saturated rings. The predicted molar refractivity (Wildman–Crippen MR) is 68.3 cm³/mol. The molecule has 0 unspecified atom stereocenters. The van der Waals surface area contributed by atoms with E-state index in [1.54, 1.807) is 13.0 Å². The molecule has 4 heteroatoms. The first-order chi connectivity index (χ1) is 9.10. The summed E-state index contributed by atoms with van der Waals surface area (Å²) in [6.45, 7) is 6.33. The van der Waals surface area contributed by atoms with Gasteiger partial charge >= 0.3 is 5.97 Å². The molecule has 1 heterocycles. The van der Waals surface area contributed by atoms with Gasteiger partial charge in [0.1, 0.15) is 0 Å². The van der Waals surface area contributed by atoms with Gasteiger partial charge in [0.25, 0.3) is 0 Å². The molecule has 4 nitrogen and oxygen atoms in total. The number of hydrogen-bond acceptors (Lipinski definition) is 4. The quantitative estimate of drug-likeness (QED) is 0.439. The monoisotopic (exact) mass is 262 g/mol. The first-order valence-electron chi connectivity index (χ1n) is 6.76. The minimum Gasteiger partial charge on any atom is -0.466 e. The zero-order valence-electron chi connectivity index (χ0n) is 11.1. The lowest BCUT2D eigenvalue weighted by Crippen LogP contribution is -2.58. The lowest BCUT2D eigenvalue weighted by molar-refractivity contribution is -0.163. The second kappa shape index (κ2) is 4.04. The standard InChI is InChI=1S/C15H18O4/c1-3-6-14-7-5-10(15(9-19-15)13(14)17)8-11(14)12(16)18-4-2/h3,5,7,10-11H,1,4,6,8-9H2,2H3/t10-,11-,14+,15+/m1/s1. The van der Waals surface area contributed by atoms with E-state index in [0.717, 1.165) is 0 Å². The normalized spacial score (nSPS) is 42.5. The molecule has 0 radical (unpaired) electrons. The third-order valence-corrected chi connectivity index (χ3v) is 4.65. The van der Waals surface area contributed by atoms with E-state index in [-0.39, 0.29) is 17.7 Å². The number of Topliss-reactive ketones (excluding diaryl/α,β-unsaturated/α-hetero) is 1. The Kier molecular flexibility index (Phi) is 2.68. The summed E-state index contributed by atoms with van der Waals surface area (Å²) in [5.74, 6) is -0.622. The lowest BCUT2D eigenvalue weighted by atomic mass is 9.53. The number of carbonyl (C=O) groups is 2. The number of epoxide rings is 1. The van der Waals surface area contributed by atoms with Crippen LogP contribution in [0.2, 0.25) is 0 Å². The van der Waals surface area contributed by atoms with Gasteiger partial charge in [-0.25, -0.2) is 0 Å². The van der Waals surface area contributed by atoms with Crippen LogP contribution in [0.4, 0.5) is 0 Å². The highest BCUT2D eigenvalue weighted by Gasteiger charge is 2.70.